The molecule has 0 spiro atoms. The second kappa shape index (κ2) is 8.51. The first-order valence-corrected chi connectivity index (χ1v) is 6.83. The van der Waals surface area contributed by atoms with Gasteiger partial charge in [0, 0.05) is 5.56 Å². The highest BCUT2D eigenvalue weighted by molar-refractivity contribution is 5.85. The molecule has 2 aromatic carbocycles. The molecule has 0 radical (unpaired) electrons. The van der Waals surface area contributed by atoms with E-state index in [0.717, 1.165) is 34.6 Å². The number of hydrogen-bond acceptors (Lipinski definition) is 4. The summed E-state index contributed by atoms with van der Waals surface area (Å²) in [6.07, 6.45) is 0.779. The molecule has 2 aromatic rings. The van der Waals surface area contributed by atoms with Crippen LogP contribution in [0.25, 0.3) is 11.1 Å². The Kier molecular flexibility index (Phi) is 7.02. The second-order valence-electron chi connectivity index (χ2n) is 4.60. The van der Waals surface area contributed by atoms with Gasteiger partial charge in [-0.25, -0.2) is 0 Å². The summed E-state index contributed by atoms with van der Waals surface area (Å²) < 4.78 is 16.2. The largest absolute Gasteiger partial charge is 0.497 e. The van der Waals surface area contributed by atoms with Gasteiger partial charge in [0.15, 0.2) is 11.5 Å². The molecule has 4 nitrogen and oxygen atoms in total. The Morgan fingerprint density at radius 1 is 0.864 bits per heavy atom. The van der Waals surface area contributed by atoms with Gasteiger partial charge in [0.05, 0.1) is 21.3 Å². The van der Waals surface area contributed by atoms with Gasteiger partial charge in [-0.05, 0) is 42.3 Å². The number of ether oxygens (including phenoxy) is 3. The molecule has 0 aliphatic heterocycles. The van der Waals surface area contributed by atoms with Crippen molar-refractivity contribution in [2.24, 2.45) is 5.73 Å². The zero-order valence-corrected chi connectivity index (χ0v) is 13.9. The lowest BCUT2D eigenvalue weighted by Crippen LogP contribution is -2.05. The summed E-state index contributed by atoms with van der Waals surface area (Å²) in [5.41, 5.74) is 8.93. The van der Waals surface area contributed by atoms with Gasteiger partial charge in [0.2, 0.25) is 0 Å². The van der Waals surface area contributed by atoms with Crippen LogP contribution in [0.15, 0.2) is 36.4 Å². The molecule has 0 atom stereocenters. The first kappa shape index (κ1) is 18.1. The van der Waals surface area contributed by atoms with E-state index in [2.05, 4.69) is 0 Å². The number of rotatable bonds is 6. The van der Waals surface area contributed by atoms with E-state index in [1.165, 1.54) is 0 Å². The molecule has 0 aliphatic rings. The Balaban J connectivity index is 0.00000242. The summed E-state index contributed by atoms with van der Waals surface area (Å²) in [5, 5.41) is 0. The number of hydrogen-bond donors (Lipinski definition) is 1. The maximum atomic E-state index is 5.72. The fourth-order valence-electron chi connectivity index (χ4n) is 2.41. The molecule has 0 amide bonds. The van der Waals surface area contributed by atoms with Crippen molar-refractivity contribution >= 4 is 12.4 Å². The Bertz CT molecular complexity index is 600. The van der Waals surface area contributed by atoms with Gasteiger partial charge in [0.1, 0.15) is 5.75 Å². The molecule has 2 N–H and O–H groups in total. The Morgan fingerprint density at radius 2 is 1.55 bits per heavy atom. The predicted octanol–water partition coefficient (Wildman–Crippen LogP) is 3.30. The average molecular weight is 324 g/mol. The van der Waals surface area contributed by atoms with Crippen LogP contribution in [-0.4, -0.2) is 27.9 Å². The zero-order valence-electron chi connectivity index (χ0n) is 13.1. The first-order chi connectivity index (χ1) is 10.2. The van der Waals surface area contributed by atoms with Crippen molar-refractivity contribution < 1.29 is 14.2 Å². The van der Waals surface area contributed by atoms with Crippen molar-refractivity contribution in [3.8, 4) is 28.4 Å². The van der Waals surface area contributed by atoms with Crippen molar-refractivity contribution in [1.29, 1.82) is 0 Å². The van der Waals surface area contributed by atoms with Crippen molar-refractivity contribution in [1.82, 2.24) is 0 Å². The third kappa shape index (κ3) is 3.64. The van der Waals surface area contributed by atoms with Crippen molar-refractivity contribution in [2.75, 3.05) is 27.9 Å². The van der Waals surface area contributed by atoms with Gasteiger partial charge < -0.3 is 19.9 Å². The van der Waals surface area contributed by atoms with Crippen LogP contribution in [0.1, 0.15) is 5.56 Å². The normalized spacial score (nSPS) is 9.82. The molecule has 5 heteroatoms. The monoisotopic (exact) mass is 323 g/mol. The highest BCUT2D eigenvalue weighted by Gasteiger charge is 2.16. The zero-order chi connectivity index (χ0) is 15.2. The molecule has 2 rings (SSSR count). The fourth-order valence-corrected chi connectivity index (χ4v) is 2.41. The number of halogens is 1. The van der Waals surface area contributed by atoms with Gasteiger partial charge >= 0.3 is 0 Å². The quantitative estimate of drug-likeness (QED) is 0.886. The standard InChI is InChI=1S/C17H21NO3.ClH/c1-19-14-7-4-12(5-8-14)16-13(10-11-18)6-9-15(20-2)17(16)21-3;/h4-9H,10-11,18H2,1-3H3;1H. The molecular formula is C17H22ClNO3. The molecule has 0 heterocycles. The summed E-state index contributed by atoms with van der Waals surface area (Å²) >= 11 is 0. The van der Waals surface area contributed by atoms with E-state index in [1.807, 2.05) is 36.4 Å². The molecule has 120 valence electrons. The predicted molar refractivity (Wildman–Crippen MR) is 91.5 cm³/mol. The number of methoxy groups -OCH3 is 3. The van der Waals surface area contributed by atoms with E-state index >= 15 is 0 Å². The third-order valence-electron chi connectivity index (χ3n) is 3.42. The molecule has 0 unspecified atom stereocenters. The van der Waals surface area contributed by atoms with E-state index in [9.17, 15) is 0 Å². The van der Waals surface area contributed by atoms with Crippen molar-refractivity contribution in [3.63, 3.8) is 0 Å². The fraction of sp³-hybridized carbons (Fsp3) is 0.294. The minimum absolute atomic E-state index is 0. The Labute approximate surface area is 137 Å². The highest BCUT2D eigenvalue weighted by atomic mass is 35.5. The molecule has 0 aromatic heterocycles. The molecule has 0 saturated heterocycles. The van der Waals surface area contributed by atoms with Gasteiger partial charge in [-0.15, -0.1) is 12.4 Å². The van der Waals surface area contributed by atoms with Crippen LogP contribution >= 0.6 is 12.4 Å². The van der Waals surface area contributed by atoms with Crippen molar-refractivity contribution in [2.45, 2.75) is 6.42 Å². The Hall–Kier alpha value is -1.91. The molecule has 0 saturated carbocycles. The van der Waals surface area contributed by atoms with Gasteiger partial charge in [0.25, 0.3) is 0 Å². The second-order valence-corrected chi connectivity index (χ2v) is 4.60. The SMILES string of the molecule is COc1ccc(-c2c(CCN)ccc(OC)c2OC)cc1.Cl. The lowest BCUT2D eigenvalue weighted by Gasteiger charge is -2.17. The van der Waals surface area contributed by atoms with Crippen LogP contribution in [-0.2, 0) is 6.42 Å². The average Bonchev–Trinajstić information content (AvgIpc) is 2.54. The van der Waals surface area contributed by atoms with Crippen LogP contribution in [0.2, 0.25) is 0 Å². The van der Waals surface area contributed by atoms with E-state index in [0.29, 0.717) is 12.3 Å². The molecule has 0 fully saturated rings. The van der Waals surface area contributed by atoms with Crippen LogP contribution in [0.5, 0.6) is 17.2 Å². The third-order valence-corrected chi connectivity index (χ3v) is 3.42. The first-order valence-electron chi connectivity index (χ1n) is 6.83. The number of benzene rings is 2. The number of nitrogens with two attached hydrogens (primary N) is 1. The minimum atomic E-state index is 0. The maximum Gasteiger partial charge on any atom is 0.168 e. The molecule has 22 heavy (non-hydrogen) atoms. The highest BCUT2D eigenvalue weighted by Crippen LogP contribution is 2.41. The summed E-state index contributed by atoms with van der Waals surface area (Å²) in [6.45, 7) is 0.582. The lowest BCUT2D eigenvalue weighted by molar-refractivity contribution is 0.356. The van der Waals surface area contributed by atoms with Crippen LogP contribution in [0.3, 0.4) is 0 Å². The summed E-state index contributed by atoms with van der Waals surface area (Å²) in [6, 6.07) is 11.8. The van der Waals surface area contributed by atoms with Gasteiger partial charge in [-0.1, -0.05) is 18.2 Å². The van der Waals surface area contributed by atoms with E-state index < -0.39 is 0 Å². The van der Waals surface area contributed by atoms with E-state index in [-0.39, 0.29) is 12.4 Å². The molecule has 0 aliphatic carbocycles. The van der Waals surface area contributed by atoms with Gasteiger partial charge in [-0.3, -0.25) is 0 Å². The topological polar surface area (TPSA) is 53.7 Å². The maximum absolute atomic E-state index is 5.72. The summed E-state index contributed by atoms with van der Waals surface area (Å²) in [7, 11) is 4.94. The van der Waals surface area contributed by atoms with Gasteiger partial charge in [-0.2, -0.15) is 0 Å². The Morgan fingerprint density at radius 3 is 2.05 bits per heavy atom. The summed E-state index contributed by atoms with van der Waals surface area (Å²) in [5.74, 6) is 2.26. The molecule has 0 bridgehead atoms. The lowest BCUT2D eigenvalue weighted by atomic mass is 9.96. The van der Waals surface area contributed by atoms with E-state index in [4.69, 9.17) is 19.9 Å². The minimum Gasteiger partial charge on any atom is -0.497 e. The van der Waals surface area contributed by atoms with Crippen LogP contribution < -0.4 is 19.9 Å². The summed E-state index contributed by atoms with van der Waals surface area (Å²) in [4.78, 5) is 0. The van der Waals surface area contributed by atoms with Crippen molar-refractivity contribution in [3.05, 3.63) is 42.0 Å². The van der Waals surface area contributed by atoms with Crippen LogP contribution in [0, 0.1) is 0 Å². The van der Waals surface area contributed by atoms with Crippen LogP contribution in [0.4, 0.5) is 0 Å². The molecular weight excluding hydrogens is 302 g/mol. The van der Waals surface area contributed by atoms with E-state index in [1.54, 1.807) is 21.3 Å². The smallest absolute Gasteiger partial charge is 0.168 e.